The number of nitrogens with zero attached hydrogens (tertiary/aromatic N) is 2. The van der Waals surface area contributed by atoms with Crippen LogP contribution in [0, 0.1) is 0 Å². The normalized spacial score (nSPS) is 28.8. The SMILES string of the molecule is O=C(C1=CCC1)N1C=C2C1CCN2I. The summed E-state index contributed by atoms with van der Waals surface area (Å²) in [5, 5.41) is 0. The summed E-state index contributed by atoms with van der Waals surface area (Å²) in [6.45, 7) is 1.07. The summed E-state index contributed by atoms with van der Waals surface area (Å²) in [4.78, 5) is 13.8. The molecule has 0 bridgehead atoms. The van der Waals surface area contributed by atoms with Crippen LogP contribution in [-0.2, 0) is 4.79 Å². The first-order valence-electron chi connectivity index (χ1n) is 4.94. The summed E-state index contributed by atoms with van der Waals surface area (Å²) in [6, 6.07) is 0.376. The molecule has 2 aliphatic heterocycles. The van der Waals surface area contributed by atoms with Gasteiger partial charge in [0.25, 0.3) is 5.91 Å². The van der Waals surface area contributed by atoms with E-state index in [1.165, 1.54) is 5.70 Å². The summed E-state index contributed by atoms with van der Waals surface area (Å²) < 4.78 is 2.21. The number of hydrogen-bond donors (Lipinski definition) is 0. The molecular formula is C10H11IN2O. The van der Waals surface area contributed by atoms with Crippen molar-refractivity contribution in [3.05, 3.63) is 23.5 Å². The Kier molecular flexibility index (Phi) is 1.87. The van der Waals surface area contributed by atoms with E-state index in [1.807, 2.05) is 17.2 Å². The maximum Gasteiger partial charge on any atom is 0.254 e. The van der Waals surface area contributed by atoms with Crippen LogP contribution in [0.3, 0.4) is 0 Å². The minimum atomic E-state index is 0.233. The van der Waals surface area contributed by atoms with E-state index >= 15 is 0 Å². The number of halogens is 1. The Morgan fingerprint density at radius 1 is 1.57 bits per heavy atom. The summed E-state index contributed by atoms with van der Waals surface area (Å²) in [5.41, 5.74) is 2.33. The van der Waals surface area contributed by atoms with E-state index in [0.29, 0.717) is 6.04 Å². The summed E-state index contributed by atoms with van der Waals surface area (Å²) >= 11 is 2.31. The molecular weight excluding hydrogens is 291 g/mol. The van der Waals surface area contributed by atoms with Crippen LogP contribution in [0.15, 0.2) is 23.5 Å². The molecule has 1 unspecified atom stereocenters. The van der Waals surface area contributed by atoms with Gasteiger partial charge in [0.15, 0.2) is 0 Å². The van der Waals surface area contributed by atoms with Gasteiger partial charge in [0.05, 0.1) is 34.6 Å². The fourth-order valence-corrected chi connectivity index (χ4v) is 2.83. The van der Waals surface area contributed by atoms with Crippen LogP contribution in [0.25, 0.3) is 0 Å². The molecule has 0 aromatic heterocycles. The highest BCUT2D eigenvalue weighted by Crippen LogP contribution is 2.38. The van der Waals surface area contributed by atoms with Crippen molar-refractivity contribution in [3.63, 3.8) is 0 Å². The Labute approximate surface area is 96.9 Å². The third kappa shape index (κ3) is 1.06. The Hall–Kier alpha value is -0.520. The lowest BCUT2D eigenvalue weighted by molar-refractivity contribution is -0.127. The second kappa shape index (κ2) is 2.98. The molecule has 0 aromatic carbocycles. The predicted octanol–water partition coefficient (Wildman–Crippen LogP) is 1.81. The highest BCUT2D eigenvalue weighted by atomic mass is 127. The van der Waals surface area contributed by atoms with Crippen LogP contribution >= 0.6 is 22.9 Å². The van der Waals surface area contributed by atoms with Crippen molar-refractivity contribution in [3.8, 4) is 0 Å². The van der Waals surface area contributed by atoms with Gasteiger partial charge in [0.1, 0.15) is 0 Å². The minimum absolute atomic E-state index is 0.233. The standard InChI is InChI=1S/C10H11IN2O/c11-13-5-4-8-9(13)6-12(8)10(14)7-2-1-3-7/h2,6,8H,1,3-5H2. The number of fused-ring (bicyclic) bond motifs is 1. The molecule has 0 N–H and O–H groups in total. The Morgan fingerprint density at radius 3 is 2.93 bits per heavy atom. The third-order valence-corrected chi connectivity index (χ3v) is 4.18. The molecule has 0 spiro atoms. The van der Waals surface area contributed by atoms with Crippen molar-refractivity contribution in [1.29, 1.82) is 0 Å². The van der Waals surface area contributed by atoms with Gasteiger partial charge in [-0.2, -0.15) is 0 Å². The smallest absolute Gasteiger partial charge is 0.254 e. The lowest BCUT2D eigenvalue weighted by atomic mass is 9.95. The molecule has 1 aliphatic carbocycles. The Bertz CT molecular complexity index is 361. The molecule has 1 atom stereocenters. The molecule has 0 saturated carbocycles. The van der Waals surface area contributed by atoms with Crippen molar-refractivity contribution < 1.29 is 4.79 Å². The second-order valence-corrected chi connectivity index (χ2v) is 5.09. The van der Waals surface area contributed by atoms with E-state index in [0.717, 1.165) is 31.4 Å². The third-order valence-electron chi connectivity index (χ3n) is 3.14. The zero-order chi connectivity index (χ0) is 9.71. The number of rotatable bonds is 1. The average molecular weight is 302 g/mol. The van der Waals surface area contributed by atoms with Gasteiger partial charge < -0.3 is 8.01 Å². The highest BCUT2D eigenvalue weighted by molar-refractivity contribution is 14.1. The molecule has 0 radical (unpaired) electrons. The van der Waals surface area contributed by atoms with E-state index < -0.39 is 0 Å². The van der Waals surface area contributed by atoms with Crippen molar-refractivity contribution in [1.82, 2.24) is 8.01 Å². The zero-order valence-electron chi connectivity index (χ0n) is 7.74. The van der Waals surface area contributed by atoms with Gasteiger partial charge in [-0.05, 0) is 19.3 Å². The van der Waals surface area contributed by atoms with Crippen LogP contribution in [0.1, 0.15) is 19.3 Å². The Balaban J connectivity index is 1.78. The number of carbonyl (C=O) groups is 1. The molecule has 14 heavy (non-hydrogen) atoms. The summed E-state index contributed by atoms with van der Waals surface area (Å²) in [5.74, 6) is 0.233. The molecule has 74 valence electrons. The van der Waals surface area contributed by atoms with Crippen LogP contribution in [0.2, 0.25) is 0 Å². The van der Waals surface area contributed by atoms with E-state index in [4.69, 9.17) is 0 Å². The largest absolute Gasteiger partial charge is 0.315 e. The maximum atomic E-state index is 11.8. The van der Waals surface area contributed by atoms with Gasteiger partial charge in [0.2, 0.25) is 0 Å². The first-order chi connectivity index (χ1) is 6.77. The molecule has 4 heteroatoms. The van der Waals surface area contributed by atoms with Crippen LogP contribution in [0.4, 0.5) is 0 Å². The molecule has 3 rings (SSSR count). The fraction of sp³-hybridized carbons (Fsp3) is 0.500. The van der Waals surface area contributed by atoms with Gasteiger partial charge in [-0.3, -0.25) is 4.79 Å². The molecule has 3 nitrogen and oxygen atoms in total. The molecule has 1 fully saturated rings. The second-order valence-electron chi connectivity index (χ2n) is 3.92. The predicted molar refractivity (Wildman–Crippen MR) is 61.4 cm³/mol. The van der Waals surface area contributed by atoms with Crippen LogP contribution < -0.4 is 0 Å². The van der Waals surface area contributed by atoms with Crippen molar-refractivity contribution in [2.45, 2.75) is 25.3 Å². The lowest BCUT2D eigenvalue weighted by Gasteiger charge is -2.37. The van der Waals surface area contributed by atoms with Crippen molar-refractivity contribution in [2.24, 2.45) is 0 Å². The van der Waals surface area contributed by atoms with Gasteiger partial charge in [-0.15, -0.1) is 0 Å². The van der Waals surface area contributed by atoms with E-state index in [-0.39, 0.29) is 5.91 Å². The van der Waals surface area contributed by atoms with E-state index in [1.54, 1.807) is 0 Å². The Morgan fingerprint density at radius 2 is 2.36 bits per heavy atom. The quantitative estimate of drug-likeness (QED) is 0.545. The van der Waals surface area contributed by atoms with Crippen LogP contribution in [-0.4, -0.2) is 26.5 Å². The number of amides is 1. The maximum absolute atomic E-state index is 11.8. The number of allylic oxidation sites excluding steroid dienone is 1. The van der Waals surface area contributed by atoms with E-state index in [9.17, 15) is 4.79 Å². The van der Waals surface area contributed by atoms with Gasteiger partial charge in [-0.1, -0.05) is 6.08 Å². The first kappa shape index (κ1) is 8.76. The van der Waals surface area contributed by atoms with Gasteiger partial charge in [0, 0.05) is 18.3 Å². The molecule has 0 aromatic rings. The fourth-order valence-electron chi connectivity index (χ4n) is 2.10. The van der Waals surface area contributed by atoms with Crippen molar-refractivity contribution in [2.75, 3.05) is 6.54 Å². The van der Waals surface area contributed by atoms with Crippen molar-refractivity contribution >= 4 is 28.8 Å². The molecule has 2 heterocycles. The van der Waals surface area contributed by atoms with Gasteiger partial charge >= 0.3 is 0 Å². The summed E-state index contributed by atoms with van der Waals surface area (Å²) in [6.07, 6.45) is 7.18. The topological polar surface area (TPSA) is 23.6 Å². The highest BCUT2D eigenvalue weighted by Gasteiger charge is 2.41. The first-order valence-corrected chi connectivity index (χ1v) is 5.90. The molecule has 3 aliphatic rings. The average Bonchev–Trinajstić information content (AvgIpc) is 2.22. The summed E-state index contributed by atoms with van der Waals surface area (Å²) in [7, 11) is 0. The molecule has 1 saturated heterocycles. The lowest BCUT2D eigenvalue weighted by Crippen LogP contribution is -2.45. The van der Waals surface area contributed by atoms with E-state index in [2.05, 4.69) is 26.0 Å². The number of hydrogen-bond acceptors (Lipinski definition) is 2. The minimum Gasteiger partial charge on any atom is -0.315 e. The number of carbonyl (C=O) groups excluding carboxylic acids is 1. The monoisotopic (exact) mass is 302 g/mol. The molecule has 1 amide bonds. The zero-order valence-corrected chi connectivity index (χ0v) is 9.90. The van der Waals surface area contributed by atoms with Crippen LogP contribution in [0.5, 0.6) is 0 Å². The van der Waals surface area contributed by atoms with Gasteiger partial charge in [-0.25, -0.2) is 0 Å².